The molecule has 0 rings (SSSR count). The minimum absolute atomic E-state index is 0.169. The second-order valence-corrected chi connectivity index (χ2v) is 9.81. The van der Waals surface area contributed by atoms with Gasteiger partial charge in [-0.15, -0.1) is 0 Å². The normalized spacial score (nSPS) is 12.5. The first-order valence-electron chi connectivity index (χ1n) is 14.0. The molecule has 0 aliphatic heterocycles. The Morgan fingerprint density at radius 2 is 0.895 bits per heavy atom. The fourth-order valence-corrected chi connectivity index (χ4v) is 3.83. The summed E-state index contributed by atoms with van der Waals surface area (Å²) in [6.45, 7) is 0.0223. The van der Waals surface area contributed by atoms with E-state index < -0.39 is 43.0 Å². The van der Waals surface area contributed by atoms with Crippen LogP contribution in [-0.2, 0) is 19.1 Å². The van der Waals surface area contributed by atoms with Crippen molar-refractivity contribution in [2.24, 2.45) is 0 Å². The Balaban J connectivity index is 3.59. The summed E-state index contributed by atoms with van der Waals surface area (Å²) in [4.78, 5) is 23.0. The van der Waals surface area contributed by atoms with Gasteiger partial charge in [0.15, 0.2) is 6.61 Å². The molecule has 0 spiro atoms. The number of esters is 2. The Hall–Kier alpha value is -1.55. The zero-order valence-electron chi connectivity index (χ0n) is 22.6. The van der Waals surface area contributed by atoms with Crippen molar-refractivity contribution in [3.05, 3.63) is 0 Å². The molecule has 0 N–H and O–H groups in total. The first-order valence-corrected chi connectivity index (χ1v) is 14.0. The minimum atomic E-state index is -6.49. The van der Waals surface area contributed by atoms with Crippen molar-refractivity contribution in [3.8, 4) is 0 Å². The molecule has 0 saturated heterocycles. The lowest BCUT2D eigenvalue weighted by atomic mass is 10.0. The second-order valence-electron chi connectivity index (χ2n) is 9.81. The third-order valence-corrected chi connectivity index (χ3v) is 6.25. The molecule has 0 unspecified atom stereocenters. The molecule has 0 aromatic carbocycles. The van der Waals surface area contributed by atoms with E-state index in [0.29, 0.717) is 6.42 Å². The van der Waals surface area contributed by atoms with Gasteiger partial charge in [0.05, 0.1) is 6.61 Å². The van der Waals surface area contributed by atoms with Crippen molar-refractivity contribution in [1.82, 2.24) is 0 Å². The highest BCUT2D eigenvalue weighted by atomic mass is 19.4. The number of hydrogen-bond acceptors (Lipinski definition) is 4. The summed E-state index contributed by atoms with van der Waals surface area (Å²) in [5.41, 5.74) is 0. The van der Waals surface area contributed by atoms with Gasteiger partial charge in [0, 0.05) is 12.8 Å². The van der Waals surface area contributed by atoms with Crippen LogP contribution in [0, 0.1) is 0 Å². The van der Waals surface area contributed by atoms with E-state index in [1.54, 1.807) is 0 Å². The van der Waals surface area contributed by atoms with Gasteiger partial charge in [0.25, 0.3) is 0 Å². The van der Waals surface area contributed by atoms with Crippen LogP contribution in [0.15, 0.2) is 0 Å². The molecule has 226 valence electrons. The van der Waals surface area contributed by atoms with Crippen LogP contribution in [0.2, 0.25) is 0 Å². The van der Waals surface area contributed by atoms with E-state index in [2.05, 4.69) is 11.7 Å². The average molecular weight is 567 g/mol. The molecule has 0 aromatic rings. The van der Waals surface area contributed by atoms with Crippen LogP contribution in [0.25, 0.3) is 0 Å². The van der Waals surface area contributed by atoms with Crippen LogP contribution in [0.4, 0.5) is 30.7 Å². The van der Waals surface area contributed by atoms with E-state index in [9.17, 15) is 40.3 Å². The van der Waals surface area contributed by atoms with Crippen molar-refractivity contribution in [1.29, 1.82) is 0 Å². The summed E-state index contributed by atoms with van der Waals surface area (Å²) >= 11 is 0. The van der Waals surface area contributed by atoms with Crippen molar-refractivity contribution >= 4 is 11.9 Å². The Kier molecular flexibility index (Phi) is 19.5. The Labute approximate surface area is 222 Å². The lowest BCUT2D eigenvalue weighted by molar-refractivity contribution is -0.359. The molecule has 0 aliphatic carbocycles. The van der Waals surface area contributed by atoms with Crippen LogP contribution in [0.1, 0.15) is 129 Å². The van der Waals surface area contributed by atoms with Crippen LogP contribution in [-0.4, -0.2) is 43.2 Å². The van der Waals surface area contributed by atoms with Crippen molar-refractivity contribution in [3.63, 3.8) is 0 Å². The smallest absolute Gasteiger partial charge is 0.460 e. The van der Waals surface area contributed by atoms with E-state index in [0.717, 1.165) is 19.3 Å². The van der Waals surface area contributed by atoms with Crippen LogP contribution in [0.3, 0.4) is 0 Å². The van der Waals surface area contributed by atoms with Crippen LogP contribution in [0.5, 0.6) is 0 Å². The van der Waals surface area contributed by atoms with Gasteiger partial charge in [-0.2, -0.15) is 30.7 Å². The van der Waals surface area contributed by atoms with Crippen LogP contribution < -0.4 is 0 Å². The summed E-state index contributed by atoms with van der Waals surface area (Å²) in [7, 11) is 0. The van der Waals surface area contributed by atoms with Crippen molar-refractivity contribution in [2.75, 3.05) is 13.2 Å². The molecule has 0 saturated carbocycles. The zero-order chi connectivity index (χ0) is 28.9. The lowest BCUT2D eigenvalue weighted by Gasteiger charge is -2.27. The summed E-state index contributed by atoms with van der Waals surface area (Å²) in [6, 6.07) is 0. The topological polar surface area (TPSA) is 52.6 Å². The third kappa shape index (κ3) is 17.1. The highest BCUT2D eigenvalue weighted by Gasteiger charge is 2.73. The predicted octanol–water partition coefficient (Wildman–Crippen LogP) is 9.34. The number of ether oxygens (including phenoxy) is 2. The van der Waals surface area contributed by atoms with Crippen molar-refractivity contribution < 1.29 is 49.8 Å². The van der Waals surface area contributed by atoms with E-state index in [-0.39, 0.29) is 19.4 Å². The fourth-order valence-electron chi connectivity index (χ4n) is 3.83. The SMILES string of the molecule is CCCCCCCCCCCCCCCCCCOC(=O)CCCC(=O)OCC(F)(F)C(F)(F)C(F)(F)F. The van der Waals surface area contributed by atoms with Gasteiger partial charge in [-0.3, -0.25) is 9.59 Å². The Morgan fingerprint density at radius 1 is 0.526 bits per heavy atom. The summed E-state index contributed by atoms with van der Waals surface area (Å²) in [5, 5.41) is 0. The molecule has 0 bridgehead atoms. The third-order valence-electron chi connectivity index (χ3n) is 6.25. The quantitative estimate of drug-likeness (QED) is 0.0664. The monoisotopic (exact) mass is 566 g/mol. The van der Waals surface area contributed by atoms with Gasteiger partial charge >= 0.3 is 30.0 Å². The molecule has 0 aliphatic rings. The maximum atomic E-state index is 13.1. The maximum Gasteiger partial charge on any atom is 0.460 e. The minimum Gasteiger partial charge on any atom is -0.466 e. The first kappa shape index (κ1) is 36.5. The number of carbonyl (C=O) groups excluding carboxylic acids is 2. The number of carbonyl (C=O) groups is 2. The standard InChI is InChI=1S/C27H45F7O4/c1-2-3-4-5-6-7-8-9-10-11-12-13-14-15-16-17-21-37-23(35)19-18-20-24(36)38-22-25(28,29)26(30,31)27(32,33)34/h2-22H2,1H3. The highest BCUT2D eigenvalue weighted by molar-refractivity contribution is 5.72. The van der Waals surface area contributed by atoms with Crippen molar-refractivity contribution in [2.45, 2.75) is 147 Å². The molecule has 0 atom stereocenters. The molecule has 4 nitrogen and oxygen atoms in total. The summed E-state index contributed by atoms with van der Waals surface area (Å²) in [5.74, 6) is -14.0. The average Bonchev–Trinajstić information content (AvgIpc) is 2.84. The van der Waals surface area contributed by atoms with E-state index in [1.165, 1.54) is 77.0 Å². The summed E-state index contributed by atoms with van der Waals surface area (Å²) in [6.07, 6.45) is 12.0. The Bertz CT molecular complexity index is 625. The zero-order valence-corrected chi connectivity index (χ0v) is 22.6. The molecule has 0 radical (unpaired) electrons. The number of hydrogen-bond donors (Lipinski definition) is 0. The van der Waals surface area contributed by atoms with Gasteiger partial charge < -0.3 is 9.47 Å². The summed E-state index contributed by atoms with van der Waals surface area (Å²) < 4.78 is 96.6. The number of unbranched alkanes of at least 4 members (excludes halogenated alkanes) is 15. The fraction of sp³-hybridized carbons (Fsp3) is 0.926. The molecule has 0 amide bonds. The first-order chi connectivity index (χ1) is 17.8. The molecule has 0 aromatic heterocycles. The van der Waals surface area contributed by atoms with Gasteiger partial charge in [0.2, 0.25) is 0 Å². The molecular formula is C27H45F7O4. The largest absolute Gasteiger partial charge is 0.466 e. The molecule has 11 heteroatoms. The molecule has 0 fully saturated rings. The number of rotatable bonds is 24. The van der Waals surface area contributed by atoms with Gasteiger partial charge in [-0.25, -0.2) is 0 Å². The van der Waals surface area contributed by atoms with E-state index in [4.69, 9.17) is 4.74 Å². The Morgan fingerprint density at radius 3 is 1.29 bits per heavy atom. The van der Waals surface area contributed by atoms with E-state index >= 15 is 0 Å². The molecule has 38 heavy (non-hydrogen) atoms. The number of alkyl halides is 7. The van der Waals surface area contributed by atoms with E-state index in [1.807, 2.05) is 0 Å². The second kappa shape index (κ2) is 20.4. The highest BCUT2D eigenvalue weighted by Crippen LogP contribution is 2.46. The number of halogens is 7. The van der Waals surface area contributed by atoms with Crippen LogP contribution >= 0.6 is 0 Å². The van der Waals surface area contributed by atoms with Gasteiger partial charge in [0.1, 0.15) is 0 Å². The van der Waals surface area contributed by atoms with Gasteiger partial charge in [-0.05, 0) is 12.8 Å². The van der Waals surface area contributed by atoms with Gasteiger partial charge in [-0.1, -0.05) is 103 Å². The lowest BCUT2D eigenvalue weighted by Crippen LogP contribution is -2.54. The maximum absolute atomic E-state index is 13.1. The molecule has 0 heterocycles. The predicted molar refractivity (Wildman–Crippen MR) is 131 cm³/mol. The molecular weight excluding hydrogens is 521 g/mol.